The SMILES string of the molecule is CCCNC(C)CCCN1C(C)CCCC1C. The van der Waals surface area contributed by atoms with Crippen molar-refractivity contribution in [1.29, 1.82) is 0 Å². The van der Waals surface area contributed by atoms with Gasteiger partial charge in [0, 0.05) is 18.1 Å². The van der Waals surface area contributed by atoms with E-state index < -0.39 is 0 Å². The lowest BCUT2D eigenvalue weighted by molar-refractivity contribution is 0.100. The molecule has 0 spiro atoms. The first-order valence-electron chi connectivity index (χ1n) is 7.64. The Kier molecular flexibility index (Phi) is 7.14. The standard InChI is InChI=1S/C15H32N2/c1-5-11-16-13(2)8-7-12-17-14(3)9-6-10-15(17)4/h13-16H,5-12H2,1-4H3. The highest BCUT2D eigenvalue weighted by molar-refractivity contribution is 4.79. The molecule has 1 saturated heterocycles. The molecule has 1 aliphatic heterocycles. The smallest absolute Gasteiger partial charge is 0.00697 e. The Morgan fingerprint density at radius 1 is 1.24 bits per heavy atom. The number of piperidine rings is 1. The first-order valence-corrected chi connectivity index (χ1v) is 7.64. The van der Waals surface area contributed by atoms with Gasteiger partial charge in [-0.05, 0) is 66.0 Å². The molecule has 1 heterocycles. The van der Waals surface area contributed by atoms with Crippen LogP contribution in [0.25, 0.3) is 0 Å². The molecule has 1 aliphatic rings. The fraction of sp³-hybridized carbons (Fsp3) is 1.00. The topological polar surface area (TPSA) is 15.3 Å². The molecule has 0 aromatic rings. The van der Waals surface area contributed by atoms with E-state index in [0.717, 1.165) is 18.6 Å². The van der Waals surface area contributed by atoms with Crippen molar-refractivity contribution in [3.63, 3.8) is 0 Å². The van der Waals surface area contributed by atoms with Crippen molar-refractivity contribution >= 4 is 0 Å². The number of nitrogens with zero attached hydrogens (tertiary/aromatic N) is 1. The Morgan fingerprint density at radius 3 is 2.47 bits per heavy atom. The quantitative estimate of drug-likeness (QED) is 0.733. The molecular formula is C15H32N2. The lowest BCUT2D eigenvalue weighted by atomic mass is 9.97. The predicted molar refractivity (Wildman–Crippen MR) is 76.5 cm³/mol. The van der Waals surface area contributed by atoms with Crippen molar-refractivity contribution in [3.8, 4) is 0 Å². The Morgan fingerprint density at radius 2 is 1.88 bits per heavy atom. The fourth-order valence-electron chi connectivity index (χ4n) is 2.99. The van der Waals surface area contributed by atoms with Crippen LogP contribution in [0.4, 0.5) is 0 Å². The normalized spacial score (nSPS) is 28.2. The minimum absolute atomic E-state index is 0.686. The molecule has 3 atom stereocenters. The van der Waals surface area contributed by atoms with E-state index in [0.29, 0.717) is 6.04 Å². The summed E-state index contributed by atoms with van der Waals surface area (Å²) in [6.45, 7) is 11.8. The van der Waals surface area contributed by atoms with Gasteiger partial charge in [-0.25, -0.2) is 0 Å². The third-order valence-corrected chi connectivity index (χ3v) is 4.17. The second-order valence-electron chi connectivity index (χ2n) is 5.86. The third-order valence-electron chi connectivity index (χ3n) is 4.17. The minimum Gasteiger partial charge on any atom is -0.314 e. The minimum atomic E-state index is 0.686. The van der Waals surface area contributed by atoms with Crippen molar-refractivity contribution < 1.29 is 0 Å². The van der Waals surface area contributed by atoms with Crippen LogP contribution in [0.2, 0.25) is 0 Å². The molecule has 17 heavy (non-hydrogen) atoms. The van der Waals surface area contributed by atoms with Gasteiger partial charge in [0.2, 0.25) is 0 Å². The summed E-state index contributed by atoms with van der Waals surface area (Å²) in [5, 5.41) is 3.57. The molecule has 1 fully saturated rings. The summed E-state index contributed by atoms with van der Waals surface area (Å²) in [7, 11) is 0. The maximum Gasteiger partial charge on any atom is 0.00697 e. The van der Waals surface area contributed by atoms with Crippen molar-refractivity contribution in [2.75, 3.05) is 13.1 Å². The lowest BCUT2D eigenvalue weighted by Gasteiger charge is -2.39. The molecule has 1 rings (SSSR count). The van der Waals surface area contributed by atoms with Crippen molar-refractivity contribution in [1.82, 2.24) is 10.2 Å². The number of likely N-dealkylation sites (tertiary alicyclic amines) is 1. The number of hydrogen-bond donors (Lipinski definition) is 1. The summed E-state index contributed by atoms with van der Waals surface area (Å²) in [5.41, 5.74) is 0. The van der Waals surface area contributed by atoms with E-state index in [1.165, 1.54) is 45.1 Å². The summed E-state index contributed by atoms with van der Waals surface area (Å²) in [6, 6.07) is 2.29. The average Bonchev–Trinajstić information content (AvgIpc) is 2.30. The van der Waals surface area contributed by atoms with E-state index in [-0.39, 0.29) is 0 Å². The number of nitrogens with one attached hydrogen (secondary N) is 1. The Balaban J connectivity index is 2.16. The second-order valence-corrected chi connectivity index (χ2v) is 5.86. The highest BCUT2D eigenvalue weighted by Crippen LogP contribution is 2.22. The van der Waals surface area contributed by atoms with Gasteiger partial charge in [-0.1, -0.05) is 13.3 Å². The van der Waals surface area contributed by atoms with Gasteiger partial charge in [-0.2, -0.15) is 0 Å². The summed E-state index contributed by atoms with van der Waals surface area (Å²) in [5.74, 6) is 0. The number of rotatable bonds is 7. The van der Waals surface area contributed by atoms with E-state index in [2.05, 4.69) is 37.9 Å². The molecule has 1 N–H and O–H groups in total. The molecule has 2 heteroatoms. The zero-order valence-corrected chi connectivity index (χ0v) is 12.3. The molecule has 0 bridgehead atoms. The molecule has 0 aromatic carbocycles. The van der Waals surface area contributed by atoms with Gasteiger partial charge < -0.3 is 5.32 Å². The van der Waals surface area contributed by atoms with Gasteiger partial charge in [-0.15, -0.1) is 0 Å². The molecule has 0 radical (unpaired) electrons. The Hall–Kier alpha value is -0.0800. The van der Waals surface area contributed by atoms with Gasteiger partial charge in [0.05, 0.1) is 0 Å². The summed E-state index contributed by atoms with van der Waals surface area (Å²) >= 11 is 0. The maximum absolute atomic E-state index is 3.57. The lowest BCUT2D eigenvalue weighted by Crippen LogP contribution is -2.44. The van der Waals surface area contributed by atoms with Crippen molar-refractivity contribution in [2.24, 2.45) is 0 Å². The van der Waals surface area contributed by atoms with E-state index in [1.807, 2.05) is 0 Å². The third kappa shape index (κ3) is 5.39. The monoisotopic (exact) mass is 240 g/mol. The van der Waals surface area contributed by atoms with E-state index >= 15 is 0 Å². The molecule has 0 amide bonds. The highest BCUT2D eigenvalue weighted by Gasteiger charge is 2.23. The summed E-state index contributed by atoms with van der Waals surface area (Å²) in [4.78, 5) is 2.72. The first-order chi connectivity index (χ1) is 8.15. The number of hydrogen-bond acceptors (Lipinski definition) is 2. The van der Waals surface area contributed by atoms with Crippen LogP contribution in [0.5, 0.6) is 0 Å². The first kappa shape index (κ1) is 15.0. The van der Waals surface area contributed by atoms with Gasteiger partial charge in [0.1, 0.15) is 0 Å². The molecule has 0 aliphatic carbocycles. The largest absolute Gasteiger partial charge is 0.314 e. The predicted octanol–water partition coefficient (Wildman–Crippen LogP) is 3.42. The molecular weight excluding hydrogens is 208 g/mol. The van der Waals surface area contributed by atoms with Crippen LogP contribution in [-0.4, -0.2) is 36.1 Å². The fourth-order valence-corrected chi connectivity index (χ4v) is 2.99. The van der Waals surface area contributed by atoms with Crippen molar-refractivity contribution in [3.05, 3.63) is 0 Å². The van der Waals surface area contributed by atoms with Gasteiger partial charge in [0.15, 0.2) is 0 Å². The molecule has 0 saturated carbocycles. The highest BCUT2D eigenvalue weighted by atomic mass is 15.2. The van der Waals surface area contributed by atoms with E-state index in [9.17, 15) is 0 Å². The van der Waals surface area contributed by atoms with Crippen LogP contribution >= 0.6 is 0 Å². The Labute approximate surface area is 108 Å². The Bertz CT molecular complexity index is 183. The van der Waals surface area contributed by atoms with Crippen LogP contribution in [0.1, 0.15) is 66.2 Å². The van der Waals surface area contributed by atoms with Crippen LogP contribution in [0.15, 0.2) is 0 Å². The van der Waals surface area contributed by atoms with E-state index in [4.69, 9.17) is 0 Å². The van der Waals surface area contributed by atoms with Crippen molar-refractivity contribution in [2.45, 2.75) is 84.3 Å². The van der Waals surface area contributed by atoms with Crippen LogP contribution in [-0.2, 0) is 0 Å². The zero-order valence-electron chi connectivity index (χ0n) is 12.3. The van der Waals surface area contributed by atoms with Gasteiger partial charge >= 0.3 is 0 Å². The summed E-state index contributed by atoms with van der Waals surface area (Å²) in [6.07, 6.45) is 8.11. The van der Waals surface area contributed by atoms with Gasteiger partial charge in [-0.3, -0.25) is 4.90 Å². The van der Waals surface area contributed by atoms with Gasteiger partial charge in [0.25, 0.3) is 0 Å². The van der Waals surface area contributed by atoms with Crippen LogP contribution in [0.3, 0.4) is 0 Å². The zero-order chi connectivity index (χ0) is 12.7. The van der Waals surface area contributed by atoms with Crippen LogP contribution in [0, 0.1) is 0 Å². The molecule has 3 unspecified atom stereocenters. The second kappa shape index (κ2) is 8.10. The molecule has 0 aromatic heterocycles. The summed E-state index contributed by atoms with van der Waals surface area (Å²) < 4.78 is 0. The molecule has 102 valence electrons. The maximum atomic E-state index is 3.57. The average molecular weight is 240 g/mol. The van der Waals surface area contributed by atoms with Crippen LogP contribution < -0.4 is 5.32 Å². The molecule has 2 nitrogen and oxygen atoms in total. The van der Waals surface area contributed by atoms with E-state index in [1.54, 1.807) is 0 Å².